The van der Waals surface area contributed by atoms with Crippen LogP contribution in [0, 0.1) is 0 Å². The van der Waals surface area contributed by atoms with Crippen molar-refractivity contribution < 1.29 is 13.2 Å². The molecule has 0 fully saturated rings. The Balaban J connectivity index is 3.15. The summed E-state index contributed by atoms with van der Waals surface area (Å²) in [5, 5.41) is 0.0211. The molecule has 6 nitrogen and oxygen atoms in total. The average molecular weight is 278 g/mol. The quantitative estimate of drug-likeness (QED) is 0.825. The number of amides is 1. The van der Waals surface area contributed by atoms with E-state index in [1.165, 1.54) is 26.1 Å². The Hall–Kier alpha value is -1.18. The first-order valence-corrected chi connectivity index (χ1v) is 6.46. The highest BCUT2D eigenvalue weighted by molar-refractivity contribution is 7.89. The number of halogens is 1. The fourth-order valence-electron chi connectivity index (χ4n) is 1.00. The molecule has 0 aromatic carbocycles. The normalized spacial score (nSPS) is 12.4. The summed E-state index contributed by atoms with van der Waals surface area (Å²) >= 11 is 5.74. The van der Waals surface area contributed by atoms with E-state index in [0.717, 1.165) is 6.20 Å². The summed E-state index contributed by atoms with van der Waals surface area (Å²) in [6, 6.07) is 1.34. The SMILES string of the molecule is CC(C)(NS(=O)(=O)c1cnccc1Cl)C(N)=O. The molecule has 1 rings (SSSR count). The van der Waals surface area contributed by atoms with Gasteiger partial charge in [0, 0.05) is 12.4 Å². The lowest BCUT2D eigenvalue weighted by atomic mass is 10.1. The van der Waals surface area contributed by atoms with Crippen molar-refractivity contribution in [1.82, 2.24) is 9.71 Å². The molecule has 1 amide bonds. The molecule has 0 unspecified atom stereocenters. The molecule has 1 aromatic rings. The maximum atomic E-state index is 11.9. The van der Waals surface area contributed by atoms with E-state index in [0.29, 0.717) is 0 Å². The molecular formula is C9H12ClN3O3S. The highest BCUT2D eigenvalue weighted by Gasteiger charge is 2.32. The Kier molecular flexibility index (Phi) is 3.75. The van der Waals surface area contributed by atoms with Gasteiger partial charge in [-0.05, 0) is 19.9 Å². The van der Waals surface area contributed by atoms with Crippen molar-refractivity contribution in [3.63, 3.8) is 0 Å². The van der Waals surface area contributed by atoms with Crippen LogP contribution in [0.25, 0.3) is 0 Å². The first-order chi connectivity index (χ1) is 7.67. The number of hydrogen-bond donors (Lipinski definition) is 2. The van der Waals surface area contributed by atoms with E-state index in [9.17, 15) is 13.2 Å². The lowest BCUT2D eigenvalue weighted by Gasteiger charge is -2.22. The third kappa shape index (κ3) is 3.15. The largest absolute Gasteiger partial charge is 0.368 e. The topological polar surface area (TPSA) is 102 Å². The van der Waals surface area contributed by atoms with Gasteiger partial charge < -0.3 is 5.73 Å². The number of primary amides is 1. The van der Waals surface area contributed by atoms with Crippen molar-refractivity contribution in [2.24, 2.45) is 5.73 Å². The van der Waals surface area contributed by atoms with Crippen LogP contribution in [0.2, 0.25) is 5.02 Å². The molecule has 0 aliphatic rings. The van der Waals surface area contributed by atoms with Crippen LogP contribution in [0.15, 0.2) is 23.4 Å². The van der Waals surface area contributed by atoms with Crippen LogP contribution in [0.4, 0.5) is 0 Å². The number of sulfonamides is 1. The van der Waals surface area contributed by atoms with Gasteiger partial charge in [-0.1, -0.05) is 11.6 Å². The molecule has 0 radical (unpaired) electrons. The van der Waals surface area contributed by atoms with Gasteiger partial charge in [0.25, 0.3) is 0 Å². The molecule has 0 aliphatic heterocycles. The van der Waals surface area contributed by atoms with Crippen molar-refractivity contribution in [3.05, 3.63) is 23.5 Å². The second kappa shape index (κ2) is 4.59. The van der Waals surface area contributed by atoms with Crippen molar-refractivity contribution in [2.45, 2.75) is 24.3 Å². The molecular weight excluding hydrogens is 266 g/mol. The van der Waals surface area contributed by atoms with Gasteiger partial charge >= 0.3 is 0 Å². The summed E-state index contributed by atoms with van der Waals surface area (Å²) < 4.78 is 26.0. The van der Waals surface area contributed by atoms with Crippen LogP contribution >= 0.6 is 11.6 Å². The number of rotatable bonds is 4. The van der Waals surface area contributed by atoms with E-state index in [4.69, 9.17) is 17.3 Å². The van der Waals surface area contributed by atoms with Crippen LogP contribution in [0.1, 0.15) is 13.8 Å². The molecule has 94 valence electrons. The second-order valence-electron chi connectivity index (χ2n) is 3.90. The number of pyridine rings is 1. The fraction of sp³-hybridized carbons (Fsp3) is 0.333. The summed E-state index contributed by atoms with van der Waals surface area (Å²) in [7, 11) is -3.94. The van der Waals surface area contributed by atoms with E-state index in [2.05, 4.69) is 9.71 Å². The smallest absolute Gasteiger partial charge is 0.244 e. The summed E-state index contributed by atoms with van der Waals surface area (Å²) in [5.74, 6) is -0.791. The average Bonchev–Trinajstić information content (AvgIpc) is 2.16. The number of hydrogen-bond acceptors (Lipinski definition) is 4. The molecule has 0 spiro atoms. The van der Waals surface area contributed by atoms with E-state index < -0.39 is 21.5 Å². The number of nitrogens with two attached hydrogens (primary N) is 1. The third-order valence-electron chi connectivity index (χ3n) is 2.03. The van der Waals surface area contributed by atoms with Gasteiger partial charge in [0.05, 0.1) is 5.02 Å². The highest BCUT2D eigenvalue weighted by atomic mass is 35.5. The van der Waals surface area contributed by atoms with Gasteiger partial charge in [0.1, 0.15) is 10.4 Å². The van der Waals surface area contributed by atoms with Crippen molar-refractivity contribution in [3.8, 4) is 0 Å². The highest BCUT2D eigenvalue weighted by Crippen LogP contribution is 2.20. The van der Waals surface area contributed by atoms with Crippen molar-refractivity contribution in [1.29, 1.82) is 0 Å². The van der Waals surface area contributed by atoms with Crippen molar-refractivity contribution in [2.75, 3.05) is 0 Å². The molecule has 17 heavy (non-hydrogen) atoms. The number of carbonyl (C=O) groups excluding carboxylic acids is 1. The summed E-state index contributed by atoms with van der Waals surface area (Å²) in [4.78, 5) is 14.5. The Labute approximate surface area is 104 Å². The molecule has 3 N–H and O–H groups in total. The van der Waals surface area contributed by atoms with Gasteiger partial charge in [0.15, 0.2) is 0 Å². The van der Waals surface area contributed by atoms with Gasteiger partial charge in [-0.15, -0.1) is 0 Å². The third-order valence-corrected chi connectivity index (χ3v) is 4.15. The Morgan fingerprint density at radius 3 is 2.59 bits per heavy atom. The molecule has 0 saturated heterocycles. The summed E-state index contributed by atoms with van der Waals surface area (Å²) in [6.07, 6.45) is 2.46. The first kappa shape index (κ1) is 13.9. The first-order valence-electron chi connectivity index (χ1n) is 4.60. The molecule has 8 heteroatoms. The second-order valence-corrected chi connectivity index (χ2v) is 5.96. The zero-order chi connectivity index (χ0) is 13.3. The van der Waals surface area contributed by atoms with Gasteiger partial charge in [-0.2, -0.15) is 4.72 Å². The lowest BCUT2D eigenvalue weighted by Crippen LogP contribution is -2.52. The van der Waals surface area contributed by atoms with Crippen LogP contribution in [-0.2, 0) is 14.8 Å². The molecule has 1 heterocycles. The predicted octanol–water partition coefficient (Wildman–Crippen LogP) is 0.277. The van der Waals surface area contributed by atoms with E-state index in [1.807, 2.05) is 0 Å². The maximum absolute atomic E-state index is 11.9. The van der Waals surface area contributed by atoms with Gasteiger partial charge in [-0.3, -0.25) is 9.78 Å². The Morgan fingerprint density at radius 1 is 1.53 bits per heavy atom. The van der Waals surface area contributed by atoms with Crippen LogP contribution in [0.5, 0.6) is 0 Å². The van der Waals surface area contributed by atoms with E-state index in [-0.39, 0.29) is 9.92 Å². The van der Waals surface area contributed by atoms with E-state index in [1.54, 1.807) is 0 Å². The summed E-state index contributed by atoms with van der Waals surface area (Å²) in [5.41, 5.74) is 3.67. The van der Waals surface area contributed by atoms with Crippen LogP contribution < -0.4 is 10.5 Å². The van der Waals surface area contributed by atoms with E-state index >= 15 is 0 Å². The zero-order valence-corrected chi connectivity index (χ0v) is 10.8. The molecule has 0 saturated carbocycles. The van der Waals surface area contributed by atoms with Gasteiger partial charge in [-0.25, -0.2) is 8.42 Å². The standard InChI is InChI=1S/C9H12ClN3O3S/c1-9(2,8(11)14)13-17(15,16)7-5-12-4-3-6(7)10/h3-5,13H,1-2H3,(H2,11,14). The maximum Gasteiger partial charge on any atom is 0.244 e. The van der Waals surface area contributed by atoms with Gasteiger partial charge in [0.2, 0.25) is 15.9 Å². The molecule has 0 atom stereocenters. The fourth-order valence-corrected chi connectivity index (χ4v) is 2.82. The van der Waals surface area contributed by atoms with Crippen LogP contribution in [-0.4, -0.2) is 24.8 Å². The predicted molar refractivity (Wildman–Crippen MR) is 62.8 cm³/mol. The zero-order valence-electron chi connectivity index (χ0n) is 9.27. The number of carbonyl (C=O) groups is 1. The van der Waals surface area contributed by atoms with Crippen molar-refractivity contribution >= 4 is 27.5 Å². The summed E-state index contributed by atoms with van der Waals surface area (Å²) in [6.45, 7) is 2.72. The van der Waals surface area contributed by atoms with Crippen LogP contribution in [0.3, 0.4) is 0 Å². The molecule has 0 bridgehead atoms. The Morgan fingerprint density at radius 2 is 2.12 bits per heavy atom. The minimum atomic E-state index is -3.94. The Bertz CT molecular complexity index is 542. The number of aromatic nitrogens is 1. The molecule has 1 aromatic heterocycles. The molecule has 0 aliphatic carbocycles. The lowest BCUT2D eigenvalue weighted by molar-refractivity contribution is -0.122. The monoisotopic (exact) mass is 277 g/mol. The minimum Gasteiger partial charge on any atom is -0.368 e. The number of nitrogens with zero attached hydrogens (tertiary/aromatic N) is 1. The number of nitrogens with one attached hydrogen (secondary N) is 1. The minimum absolute atomic E-state index is 0.0211.